The van der Waals surface area contributed by atoms with Crippen LogP contribution in [0.5, 0.6) is 0 Å². The van der Waals surface area contributed by atoms with Crippen LogP contribution in [0.1, 0.15) is 5.56 Å². The van der Waals surface area contributed by atoms with E-state index in [2.05, 4.69) is 277 Å². The zero-order valence-corrected chi connectivity index (χ0v) is 38.2. The smallest absolute Gasteiger partial charge is 0.0546 e. The van der Waals surface area contributed by atoms with Crippen LogP contribution in [0, 0.1) is 6.92 Å². The lowest BCUT2D eigenvalue weighted by molar-refractivity contribution is 1.18. The third kappa shape index (κ3) is 7.13. The van der Waals surface area contributed by atoms with Crippen molar-refractivity contribution >= 4 is 71.2 Å². The lowest BCUT2D eigenvalue weighted by Crippen LogP contribution is -2.11. The summed E-state index contributed by atoms with van der Waals surface area (Å²) in [4.78, 5) is 2.45. The number of anilines is 3. The Bertz CT molecular complexity index is 4080. The molecule has 324 valence electrons. The van der Waals surface area contributed by atoms with Gasteiger partial charge in [0, 0.05) is 33.3 Å². The van der Waals surface area contributed by atoms with E-state index in [4.69, 9.17) is 0 Å². The number of benzene rings is 12. The first kappa shape index (κ1) is 40.3. The molecule has 0 saturated carbocycles. The summed E-state index contributed by atoms with van der Waals surface area (Å²) in [6.07, 6.45) is 0. The first-order valence-corrected chi connectivity index (χ1v) is 23.8. The fourth-order valence-corrected chi connectivity index (χ4v) is 10.6. The molecule has 0 amide bonds. The van der Waals surface area contributed by atoms with Gasteiger partial charge in [-0.05, 0) is 145 Å². The van der Waals surface area contributed by atoms with Crippen molar-refractivity contribution < 1.29 is 0 Å². The third-order valence-corrected chi connectivity index (χ3v) is 14.1. The van der Waals surface area contributed by atoms with Crippen molar-refractivity contribution in [3.63, 3.8) is 0 Å². The molecule has 12 aromatic carbocycles. The van der Waals surface area contributed by atoms with Gasteiger partial charge in [-0.25, -0.2) is 0 Å². The molecule has 0 N–H and O–H groups in total. The fourth-order valence-electron chi connectivity index (χ4n) is 10.6. The van der Waals surface area contributed by atoms with E-state index in [0.717, 1.165) is 39.4 Å². The second-order valence-electron chi connectivity index (χ2n) is 18.2. The minimum atomic E-state index is 1.07. The highest BCUT2D eigenvalue weighted by Crippen LogP contribution is 2.45. The number of aryl methyl sites for hydroxylation is 1. The summed E-state index contributed by atoms with van der Waals surface area (Å²) in [5.41, 5.74) is 17.5. The Morgan fingerprint density at radius 1 is 0.304 bits per heavy atom. The molecule has 1 aromatic heterocycles. The topological polar surface area (TPSA) is 8.17 Å². The van der Waals surface area contributed by atoms with E-state index in [-0.39, 0.29) is 0 Å². The molecule has 0 aliphatic carbocycles. The van der Waals surface area contributed by atoms with Crippen molar-refractivity contribution in [1.82, 2.24) is 4.57 Å². The number of hydrogen-bond donors (Lipinski definition) is 0. The average Bonchev–Trinajstić information content (AvgIpc) is 3.76. The summed E-state index contributed by atoms with van der Waals surface area (Å²) >= 11 is 0. The van der Waals surface area contributed by atoms with Crippen LogP contribution in [-0.2, 0) is 0 Å². The Kier molecular flexibility index (Phi) is 9.77. The summed E-state index contributed by atoms with van der Waals surface area (Å²) in [5, 5.41) is 9.95. The summed E-state index contributed by atoms with van der Waals surface area (Å²) in [7, 11) is 0. The molecule has 13 rings (SSSR count). The molecule has 69 heavy (non-hydrogen) atoms. The van der Waals surface area contributed by atoms with E-state index in [0.29, 0.717) is 0 Å². The highest BCUT2D eigenvalue weighted by Gasteiger charge is 2.21. The highest BCUT2D eigenvalue weighted by atomic mass is 15.1. The molecule has 0 unspecified atom stereocenters. The van der Waals surface area contributed by atoms with Crippen molar-refractivity contribution in [2.24, 2.45) is 0 Å². The van der Waals surface area contributed by atoms with Gasteiger partial charge in [0.1, 0.15) is 0 Å². The maximum absolute atomic E-state index is 2.45. The maximum atomic E-state index is 2.45. The van der Waals surface area contributed by atoms with Gasteiger partial charge in [0.2, 0.25) is 0 Å². The first-order valence-electron chi connectivity index (χ1n) is 23.8. The number of para-hydroxylation sites is 2. The highest BCUT2D eigenvalue weighted by molar-refractivity contribution is 6.11. The van der Waals surface area contributed by atoms with Crippen molar-refractivity contribution in [2.45, 2.75) is 6.92 Å². The fraction of sp³-hybridized carbons (Fsp3) is 0.0149. The van der Waals surface area contributed by atoms with Gasteiger partial charge in [0.15, 0.2) is 0 Å². The van der Waals surface area contributed by atoms with Crippen LogP contribution >= 0.6 is 0 Å². The summed E-state index contributed by atoms with van der Waals surface area (Å²) in [6.45, 7) is 2.22. The van der Waals surface area contributed by atoms with Gasteiger partial charge in [-0.1, -0.05) is 194 Å². The second kappa shape index (κ2) is 16.7. The van der Waals surface area contributed by atoms with Crippen molar-refractivity contribution in [2.75, 3.05) is 4.90 Å². The number of hydrogen-bond acceptors (Lipinski definition) is 1. The number of nitrogens with zero attached hydrogens (tertiary/aromatic N) is 2. The Labute approximate surface area is 402 Å². The zero-order chi connectivity index (χ0) is 45.8. The van der Waals surface area contributed by atoms with Gasteiger partial charge >= 0.3 is 0 Å². The SMILES string of the molecule is Cc1cccc2c1c1ccccc1n2-c1ccccc1-c1ccc(N(c2ccc(-c3ccc4ccccc4c3)cc2)c2cc(-c3ccc4ccccc4c3)ccc2-c2ccc3ccccc3c2)cc1. The third-order valence-electron chi connectivity index (χ3n) is 14.1. The molecule has 1 heterocycles. The van der Waals surface area contributed by atoms with Crippen molar-refractivity contribution in [1.29, 1.82) is 0 Å². The average molecular weight is 879 g/mol. The van der Waals surface area contributed by atoms with Gasteiger partial charge < -0.3 is 9.47 Å². The monoisotopic (exact) mass is 878 g/mol. The molecular weight excluding hydrogens is 833 g/mol. The molecule has 0 spiro atoms. The van der Waals surface area contributed by atoms with E-state index in [1.165, 1.54) is 87.5 Å². The van der Waals surface area contributed by atoms with Gasteiger partial charge in [0.05, 0.1) is 22.4 Å². The van der Waals surface area contributed by atoms with E-state index in [9.17, 15) is 0 Å². The van der Waals surface area contributed by atoms with Crippen LogP contribution in [0.4, 0.5) is 17.1 Å². The molecule has 13 aromatic rings. The molecule has 0 radical (unpaired) electrons. The van der Waals surface area contributed by atoms with Crippen LogP contribution in [0.25, 0.3) is 104 Å². The molecule has 0 saturated heterocycles. The number of rotatable bonds is 8. The minimum absolute atomic E-state index is 1.07. The number of fused-ring (bicyclic) bond motifs is 6. The Balaban J connectivity index is 0.995. The Morgan fingerprint density at radius 3 is 1.42 bits per heavy atom. The van der Waals surface area contributed by atoms with Gasteiger partial charge in [-0.15, -0.1) is 0 Å². The van der Waals surface area contributed by atoms with Crippen LogP contribution in [0.2, 0.25) is 0 Å². The Hall–Kier alpha value is -8.98. The summed E-state index contributed by atoms with van der Waals surface area (Å²) in [6, 6.07) is 95.8. The second-order valence-corrected chi connectivity index (χ2v) is 18.2. The molecule has 0 atom stereocenters. The van der Waals surface area contributed by atoms with Crippen LogP contribution in [-0.4, -0.2) is 4.57 Å². The molecule has 0 aliphatic rings. The summed E-state index contributed by atoms with van der Waals surface area (Å²) in [5.74, 6) is 0. The largest absolute Gasteiger partial charge is 0.310 e. The molecular formula is C67H46N2. The molecule has 0 aliphatic heterocycles. The van der Waals surface area contributed by atoms with E-state index in [1.54, 1.807) is 0 Å². The first-order chi connectivity index (χ1) is 34.1. The van der Waals surface area contributed by atoms with E-state index in [1.807, 2.05) is 0 Å². The molecule has 0 bridgehead atoms. The van der Waals surface area contributed by atoms with Crippen molar-refractivity contribution in [3.8, 4) is 50.2 Å². The Morgan fingerprint density at radius 2 is 0.768 bits per heavy atom. The molecule has 0 fully saturated rings. The predicted octanol–water partition coefficient (Wildman–Crippen LogP) is 18.7. The maximum Gasteiger partial charge on any atom is 0.0546 e. The lowest BCUT2D eigenvalue weighted by Gasteiger charge is -2.29. The van der Waals surface area contributed by atoms with Gasteiger partial charge in [-0.2, -0.15) is 0 Å². The van der Waals surface area contributed by atoms with Crippen LogP contribution < -0.4 is 4.90 Å². The molecule has 2 nitrogen and oxygen atoms in total. The number of aromatic nitrogens is 1. The van der Waals surface area contributed by atoms with Crippen LogP contribution in [0.15, 0.2) is 261 Å². The summed E-state index contributed by atoms with van der Waals surface area (Å²) < 4.78 is 2.44. The van der Waals surface area contributed by atoms with E-state index >= 15 is 0 Å². The van der Waals surface area contributed by atoms with Gasteiger partial charge in [-0.3, -0.25) is 0 Å². The zero-order valence-electron chi connectivity index (χ0n) is 38.2. The predicted molar refractivity (Wildman–Crippen MR) is 294 cm³/mol. The van der Waals surface area contributed by atoms with Crippen LogP contribution in [0.3, 0.4) is 0 Å². The van der Waals surface area contributed by atoms with E-state index < -0.39 is 0 Å². The van der Waals surface area contributed by atoms with Crippen molar-refractivity contribution in [3.05, 3.63) is 266 Å². The minimum Gasteiger partial charge on any atom is -0.310 e. The molecule has 2 heteroatoms. The quantitative estimate of drug-likeness (QED) is 0.148. The lowest BCUT2D eigenvalue weighted by atomic mass is 9.94. The standard InChI is InChI=1S/C67H46N2/c1-45-13-12-24-65-67(45)62-21-9-11-23-64(62)69(65)63-22-10-8-20-60(63)50-33-38-59(39-34-50)68(58-36-31-49(32-37-58)54-28-25-46-14-2-5-17-51(46)41-54)66-44-56(55-29-26-47-15-3-6-18-52(47)42-55)35-40-61(66)57-30-27-48-16-4-7-19-53(48)43-57/h2-44H,1H3. The van der Waals surface area contributed by atoms with Gasteiger partial charge in [0.25, 0.3) is 0 Å². The normalized spacial score (nSPS) is 11.6.